The number of hydrogen-bond acceptors (Lipinski definition) is 6. The predicted molar refractivity (Wildman–Crippen MR) is 104 cm³/mol. The summed E-state index contributed by atoms with van der Waals surface area (Å²) in [4.78, 5) is 27.4. The molecule has 142 valence electrons. The number of amides is 2. The Labute approximate surface area is 170 Å². The van der Waals surface area contributed by atoms with Gasteiger partial charge in [-0.1, -0.05) is 36.4 Å². The van der Waals surface area contributed by atoms with E-state index in [1.54, 1.807) is 48.5 Å². The third-order valence-corrected chi connectivity index (χ3v) is 6.46. The van der Waals surface area contributed by atoms with Gasteiger partial charge in [0.1, 0.15) is 10.8 Å². The second-order valence-electron chi connectivity index (χ2n) is 7.37. The first-order chi connectivity index (χ1) is 14.5. The van der Waals surface area contributed by atoms with E-state index in [1.807, 2.05) is 18.2 Å². The summed E-state index contributed by atoms with van der Waals surface area (Å²) in [6.45, 7) is 0. The molecular formula is C22H12N6O2. The highest BCUT2D eigenvalue weighted by atomic mass is 16.2. The van der Waals surface area contributed by atoms with Crippen molar-refractivity contribution >= 4 is 23.2 Å². The van der Waals surface area contributed by atoms with Crippen molar-refractivity contribution in [2.75, 3.05) is 10.6 Å². The molecule has 0 saturated heterocycles. The van der Waals surface area contributed by atoms with Crippen molar-refractivity contribution in [2.24, 2.45) is 11.1 Å². The summed E-state index contributed by atoms with van der Waals surface area (Å²) < 4.78 is 0. The van der Waals surface area contributed by atoms with Crippen LogP contribution < -0.4 is 16.4 Å². The van der Waals surface area contributed by atoms with Gasteiger partial charge in [-0.15, -0.1) is 0 Å². The molecule has 2 heterocycles. The molecule has 0 radical (unpaired) electrons. The lowest BCUT2D eigenvalue weighted by Crippen LogP contribution is -2.62. The van der Waals surface area contributed by atoms with Gasteiger partial charge in [0, 0.05) is 11.4 Å². The summed E-state index contributed by atoms with van der Waals surface area (Å²) in [5.74, 6) is -1.41. The van der Waals surface area contributed by atoms with Crippen molar-refractivity contribution in [2.45, 2.75) is 10.8 Å². The second-order valence-corrected chi connectivity index (χ2v) is 7.37. The Morgan fingerprint density at radius 3 is 1.93 bits per heavy atom. The fourth-order valence-electron chi connectivity index (χ4n) is 5.40. The van der Waals surface area contributed by atoms with E-state index in [0.717, 1.165) is 0 Å². The predicted octanol–water partition coefficient (Wildman–Crippen LogP) is 1.55. The zero-order valence-electron chi connectivity index (χ0n) is 15.4. The van der Waals surface area contributed by atoms with Crippen LogP contribution in [0.15, 0.2) is 59.8 Å². The Morgan fingerprint density at radius 1 is 0.800 bits per heavy atom. The molecule has 2 aromatic rings. The first kappa shape index (κ1) is 17.5. The summed E-state index contributed by atoms with van der Waals surface area (Å²) in [7, 11) is 0. The molecule has 0 aromatic heterocycles. The molecule has 2 aromatic carbocycles. The smallest absolute Gasteiger partial charge is 0.242 e. The quantitative estimate of drug-likeness (QED) is 0.617. The standard InChI is InChI=1S/C22H12N6O2/c23-9-14-17(26)20(10-24,11-25)22(13-6-2-4-8-16(13)28-19(22)30)21(14)12-5-1-3-7-15(12)27-18(21)29/h1-8H,26H2,(H,27,29)(H,28,30)/t21-,22+/m1/s1. The first-order valence-electron chi connectivity index (χ1n) is 9.02. The number of nitrogens with two attached hydrogens (primary N) is 1. The van der Waals surface area contributed by atoms with E-state index >= 15 is 0 Å². The molecule has 0 saturated carbocycles. The summed E-state index contributed by atoms with van der Waals surface area (Å²) in [5.41, 5.74) is 0.686. The SMILES string of the molecule is N#CC1=C(N)C(C#N)(C#N)[C@]2(C(=O)Nc3ccccc32)[C@@]12C(=O)Nc1ccccc12. The summed E-state index contributed by atoms with van der Waals surface area (Å²) >= 11 is 0. The van der Waals surface area contributed by atoms with Gasteiger partial charge in [-0.2, -0.15) is 15.8 Å². The fourth-order valence-corrected chi connectivity index (χ4v) is 5.40. The Bertz CT molecular complexity index is 1340. The van der Waals surface area contributed by atoms with Crippen molar-refractivity contribution in [3.8, 4) is 18.2 Å². The van der Waals surface area contributed by atoms with Crippen LogP contribution in [0.2, 0.25) is 0 Å². The molecule has 2 spiro atoms. The molecule has 2 amide bonds. The van der Waals surface area contributed by atoms with Crippen molar-refractivity contribution in [3.63, 3.8) is 0 Å². The molecule has 5 rings (SSSR count). The Morgan fingerprint density at radius 2 is 1.33 bits per heavy atom. The van der Waals surface area contributed by atoms with Gasteiger partial charge in [0.15, 0.2) is 0 Å². The van der Waals surface area contributed by atoms with Crippen LogP contribution in [0, 0.1) is 39.4 Å². The molecule has 8 heteroatoms. The molecule has 0 unspecified atom stereocenters. The average Bonchev–Trinajstić information content (AvgIpc) is 3.29. The van der Waals surface area contributed by atoms with Gasteiger partial charge >= 0.3 is 0 Å². The van der Waals surface area contributed by atoms with Gasteiger partial charge in [0.05, 0.1) is 29.5 Å². The molecule has 0 fully saturated rings. The molecule has 4 N–H and O–H groups in total. The van der Waals surface area contributed by atoms with Gasteiger partial charge in [0.25, 0.3) is 0 Å². The topological polar surface area (TPSA) is 156 Å². The molecule has 3 aliphatic rings. The van der Waals surface area contributed by atoms with Crippen LogP contribution in [0.1, 0.15) is 11.1 Å². The number of allylic oxidation sites excluding steroid dienone is 1. The van der Waals surface area contributed by atoms with Crippen molar-refractivity contribution in [1.29, 1.82) is 15.8 Å². The number of carbonyl (C=O) groups is 2. The number of fused-ring (bicyclic) bond motifs is 5. The Kier molecular flexibility index (Phi) is 3.06. The largest absolute Gasteiger partial charge is 0.399 e. The van der Waals surface area contributed by atoms with Crippen LogP contribution in [-0.4, -0.2) is 11.8 Å². The lowest BCUT2D eigenvalue weighted by atomic mass is 9.50. The third-order valence-electron chi connectivity index (χ3n) is 6.46. The first-order valence-corrected chi connectivity index (χ1v) is 9.02. The molecule has 8 nitrogen and oxygen atoms in total. The molecule has 0 bridgehead atoms. The van der Waals surface area contributed by atoms with Crippen LogP contribution in [-0.2, 0) is 20.4 Å². The second kappa shape index (κ2) is 5.26. The maximum absolute atomic E-state index is 13.7. The maximum atomic E-state index is 13.7. The maximum Gasteiger partial charge on any atom is 0.242 e. The lowest BCUT2D eigenvalue weighted by Gasteiger charge is -2.42. The van der Waals surface area contributed by atoms with Crippen molar-refractivity contribution < 1.29 is 9.59 Å². The number of rotatable bonds is 0. The number of nitrogens with one attached hydrogen (secondary N) is 2. The normalized spacial score (nSPS) is 27.1. The molecule has 1 aliphatic carbocycles. The molecular weight excluding hydrogens is 380 g/mol. The van der Waals surface area contributed by atoms with Crippen LogP contribution in [0.4, 0.5) is 11.4 Å². The van der Waals surface area contributed by atoms with E-state index in [2.05, 4.69) is 10.6 Å². The molecule has 2 aliphatic heterocycles. The van der Waals surface area contributed by atoms with Gasteiger partial charge in [-0.3, -0.25) is 9.59 Å². The van der Waals surface area contributed by atoms with Gasteiger partial charge in [-0.05, 0) is 23.3 Å². The minimum atomic E-state index is -2.27. The number of para-hydroxylation sites is 2. The summed E-state index contributed by atoms with van der Waals surface area (Å²) in [5, 5.41) is 36.0. The van der Waals surface area contributed by atoms with E-state index in [1.165, 1.54) is 0 Å². The monoisotopic (exact) mass is 392 g/mol. The number of anilines is 2. The van der Waals surface area contributed by atoms with Crippen molar-refractivity contribution in [3.05, 3.63) is 70.9 Å². The third kappa shape index (κ3) is 1.40. The summed E-state index contributed by atoms with van der Waals surface area (Å²) in [6, 6.07) is 18.9. The van der Waals surface area contributed by atoms with Crippen LogP contribution in [0.5, 0.6) is 0 Å². The fraction of sp³-hybridized carbons (Fsp3) is 0.136. The lowest BCUT2D eigenvalue weighted by molar-refractivity contribution is -0.132. The van der Waals surface area contributed by atoms with E-state index < -0.39 is 28.1 Å². The highest BCUT2D eigenvalue weighted by molar-refractivity contribution is 6.21. The highest BCUT2D eigenvalue weighted by Gasteiger charge is 2.83. The summed E-state index contributed by atoms with van der Waals surface area (Å²) in [6.07, 6.45) is 0. The minimum absolute atomic E-state index is 0.264. The molecule has 2 atom stereocenters. The number of carbonyl (C=O) groups excluding carboxylic acids is 2. The van der Waals surface area contributed by atoms with E-state index in [0.29, 0.717) is 16.9 Å². The van der Waals surface area contributed by atoms with Gasteiger partial charge in [-0.25, -0.2) is 0 Å². The number of benzene rings is 2. The zero-order valence-corrected chi connectivity index (χ0v) is 15.4. The highest BCUT2D eigenvalue weighted by Crippen LogP contribution is 2.70. The zero-order chi connectivity index (χ0) is 21.3. The number of nitrogens with zero attached hydrogens (tertiary/aromatic N) is 3. The molecule has 30 heavy (non-hydrogen) atoms. The van der Waals surface area contributed by atoms with E-state index in [9.17, 15) is 25.4 Å². The van der Waals surface area contributed by atoms with Crippen LogP contribution in [0.25, 0.3) is 0 Å². The van der Waals surface area contributed by atoms with Gasteiger partial charge < -0.3 is 16.4 Å². The minimum Gasteiger partial charge on any atom is -0.399 e. The Hall–Kier alpha value is -4.61. The van der Waals surface area contributed by atoms with E-state index in [4.69, 9.17) is 5.73 Å². The number of nitriles is 3. The average molecular weight is 392 g/mol. The number of hydrogen-bond donors (Lipinski definition) is 3. The van der Waals surface area contributed by atoms with Crippen LogP contribution >= 0.6 is 0 Å². The van der Waals surface area contributed by atoms with E-state index in [-0.39, 0.29) is 16.8 Å². The van der Waals surface area contributed by atoms with Crippen LogP contribution in [0.3, 0.4) is 0 Å². The van der Waals surface area contributed by atoms with Crippen molar-refractivity contribution in [1.82, 2.24) is 0 Å². The Balaban J connectivity index is 2.09. The van der Waals surface area contributed by atoms with Gasteiger partial charge in [0.2, 0.25) is 17.2 Å².